The Morgan fingerprint density at radius 2 is 1.75 bits per heavy atom. The average Bonchev–Trinajstić information content (AvgIpc) is 3.14. The van der Waals surface area contributed by atoms with Crippen molar-refractivity contribution >= 4 is 34.7 Å². The summed E-state index contributed by atoms with van der Waals surface area (Å²) in [7, 11) is 0. The molecule has 32 heavy (non-hydrogen) atoms. The summed E-state index contributed by atoms with van der Waals surface area (Å²) in [4.78, 5) is 16.5. The monoisotopic (exact) mass is 446 g/mol. The van der Waals surface area contributed by atoms with E-state index in [0.717, 1.165) is 28.3 Å². The summed E-state index contributed by atoms with van der Waals surface area (Å²) in [6.07, 6.45) is 0. The average molecular weight is 447 g/mol. The van der Waals surface area contributed by atoms with E-state index in [1.54, 1.807) is 0 Å². The summed E-state index contributed by atoms with van der Waals surface area (Å²) in [5.41, 5.74) is 10.6. The summed E-state index contributed by atoms with van der Waals surface area (Å²) in [5.74, 6) is 0.731. The number of benzene rings is 3. The highest BCUT2D eigenvalue weighted by Crippen LogP contribution is 2.23. The molecule has 7 heteroatoms. The lowest BCUT2D eigenvalue weighted by molar-refractivity contribution is 0.218. The minimum absolute atomic E-state index is 0.0479. The smallest absolute Gasteiger partial charge is 0.324 e. The number of rotatable bonds is 7. The SMILES string of the molecule is Cc1ccc(N2CCN(Cc3ccc(COc4cccc(NC(N)=S)c4)cc3)C2=O)cc1. The van der Waals surface area contributed by atoms with Crippen LogP contribution in [0.5, 0.6) is 5.75 Å². The number of amides is 2. The fourth-order valence-corrected chi connectivity index (χ4v) is 3.75. The zero-order valence-corrected chi connectivity index (χ0v) is 18.8. The van der Waals surface area contributed by atoms with Crippen LogP contribution < -0.4 is 20.7 Å². The van der Waals surface area contributed by atoms with Gasteiger partial charge in [-0.3, -0.25) is 4.90 Å². The van der Waals surface area contributed by atoms with Crippen molar-refractivity contribution in [1.29, 1.82) is 0 Å². The van der Waals surface area contributed by atoms with Crippen molar-refractivity contribution in [2.75, 3.05) is 23.3 Å². The molecule has 0 aromatic heterocycles. The topological polar surface area (TPSA) is 70.8 Å². The minimum Gasteiger partial charge on any atom is -0.489 e. The van der Waals surface area contributed by atoms with Crippen LogP contribution in [0.3, 0.4) is 0 Å². The number of hydrogen-bond acceptors (Lipinski definition) is 3. The van der Waals surface area contributed by atoms with E-state index in [1.165, 1.54) is 5.56 Å². The molecule has 6 nitrogen and oxygen atoms in total. The van der Waals surface area contributed by atoms with Crippen molar-refractivity contribution in [2.24, 2.45) is 5.73 Å². The predicted octanol–water partition coefficient (Wildman–Crippen LogP) is 4.67. The van der Waals surface area contributed by atoms with Gasteiger partial charge in [0.05, 0.1) is 0 Å². The Morgan fingerprint density at radius 3 is 2.47 bits per heavy atom. The third-order valence-electron chi connectivity index (χ3n) is 5.34. The van der Waals surface area contributed by atoms with Gasteiger partial charge in [0.1, 0.15) is 12.4 Å². The fraction of sp³-hybridized carbons (Fsp3) is 0.200. The van der Waals surface area contributed by atoms with Gasteiger partial charge in [0.15, 0.2) is 5.11 Å². The van der Waals surface area contributed by atoms with Crippen LogP contribution in [0.15, 0.2) is 72.8 Å². The Bertz CT molecular complexity index is 1100. The number of carbonyl (C=O) groups excluding carboxylic acids is 1. The molecular formula is C25H26N4O2S. The van der Waals surface area contributed by atoms with Crippen LogP contribution in [-0.4, -0.2) is 29.1 Å². The molecule has 0 spiro atoms. The molecule has 164 valence electrons. The van der Waals surface area contributed by atoms with Gasteiger partial charge in [-0.2, -0.15) is 0 Å². The number of anilines is 2. The molecule has 2 amide bonds. The predicted molar refractivity (Wildman–Crippen MR) is 132 cm³/mol. The van der Waals surface area contributed by atoms with E-state index in [9.17, 15) is 4.79 Å². The number of urea groups is 1. The first-order valence-corrected chi connectivity index (χ1v) is 10.9. The third-order valence-corrected chi connectivity index (χ3v) is 5.45. The van der Waals surface area contributed by atoms with Gasteiger partial charge >= 0.3 is 6.03 Å². The van der Waals surface area contributed by atoms with Gasteiger partial charge in [-0.25, -0.2) is 4.79 Å². The van der Waals surface area contributed by atoms with Crippen LogP contribution in [0.2, 0.25) is 0 Å². The highest BCUT2D eigenvalue weighted by atomic mass is 32.1. The Morgan fingerprint density at radius 1 is 1.03 bits per heavy atom. The normalized spacial score (nSPS) is 13.3. The van der Waals surface area contributed by atoms with Gasteiger partial charge in [-0.1, -0.05) is 48.0 Å². The van der Waals surface area contributed by atoms with E-state index in [0.29, 0.717) is 26.2 Å². The first-order valence-electron chi connectivity index (χ1n) is 10.5. The summed E-state index contributed by atoms with van der Waals surface area (Å²) >= 11 is 4.87. The first-order chi connectivity index (χ1) is 15.5. The van der Waals surface area contributed by atoms with Crippen LogP contribution in [0.4, 0.5) is 16.2 Å². The Balaban J connectivity index is 1.32. The molecule has 3 N–H and O–H groups in total. The Kier molecular flexibility index (Phi) is 6.56. The molecular weight excluding hydrogens is 420 g/mol. The molecule has 0 bridgehead atoms. The molecule has 1 aliphatic rings. The summed E-state index contributed by atoms with van der Waals surface area (Å²) in [6.45, 7) is 4.50. The van der Waals surface area contributed by atoms with Crippen molar-refractivity contribution in [3.8, 4) is 5.75 Å². The molecule has 1 aliphatic heterocycles. The number of thiocarbonyl (C=S) groups is 1. The van der Waals surface area contributed by atoms with E-state index in [4.69, 9.17) is 22.7 Å². The van der Waals surface area contributed by atoms with Gasteiger partial charge < -0.3 is 20.7 Å². The van der Waals surface area contributed by atoms with E-state index in [2.05, 4.69) is 5.32 Å². The maximum atomic E-state index is 12.8. The van der Waals surface area contributed by atoms with Gasteiger partial charge in [0.2, 0.25) is 0 Å². The molecule has 4 rings (SSSR count). The molecule has 1 heterocycles. The van der Waals surface area contributed by atoms with E-state index in [1.807, 2.05) is 89.5 Å². The lowest BCUT2D eigenvalue weighted by Crippen LogP contribution is -2.31. The maximum Gasteiger partial charge on any atom is 0.324 e. The maximum absolute atomic E-state index is 12.8. The van der Waals surface area contributed by atoms with Gasteiger partial charge in [-0.15, -0.1) is 0 Å². The second-order valence-corrected chi connectivity index (χ2v) is 8.25. The van der Waals surface area contributed by atoms with Crippen molar-refractivity contribution in [2.45, 2.75) is 20.1 Å². The van der Waals surface area contributed by atoms with Crippen LogP contribution in [0.1, 0.15) is 16.7 Å². The number of nitrogens with one attached hydrogen (secondary N) is 1. The number of nitrogens with zero attached hydrogens (tertiary/aromatic N) is 2. The fourth-order valence-electron chi connectivity index (χ4n) is 3.63. The summed E-state index contributed by atoms with van der Waals surface area (Å²) < 4.78 is 5.88. The second kappa shape index (κ2) is 9.70. The molecule has 1 fully saturated rings. The summed E-state index contributed by atoms with van der Waals surface area (Å²) in [5, 5.41) is 3.12. The van der Waals surface area contributed by atoms with E-state index >= 15 is 0 Å². The number of ether oxygens (including phenoxy) is 1. The molecule has 0 radical (unpaired) electrons. The van der Waals surface area contributed by atoms with Gasteiger partial charge in [0.25, 0.3) is 0 Å². The van der Waals surface area contributed by atoms with Crippen molar-refractivity contribution in [3.63, 3.8) is 0 Å². The highest BCUT2D eigenvalue weighted by molar-refractivity contribution is 7.80. The molecule has 0 unspecified atom stereocenters. The molecule has 0 aliphatic carbocycles. The van der Waals surface area contributed by atoms with Crippen LogP contribution in [0.25, 0.3) is 0 Å². The molecule has 3 aromatic rings. The lowest BCUT2D eigenvalue weighted by atomic mass is 10.1. The van der Waals surface area contributed by atoms with Crippen LogP contribution in [0, 0.1) is 6.92 Å². The standard InChI is InChI=1S/C25H26N4O2S/c1-18-5-11-22(12-6-18)29-14-13-28(25(29)30)16-19-7-9-20(10-8-19)17-31-23-4-2-3-21(15-23)27-24(26)32/h2-12,15H,13-14,16-17H2,1H3,(H3,26,27,32). The first kappa shape index (κ1) is 21.6. The lowest BCUT2D eigenvalue weighted by Gasteiger charge is -2.19. The second-order valence-electron chi connectivity index (χ2n) is 7.81. The van der Waals surface area contributed by atoms with Crippen molar-refractivity contribution in [3.05, 3.63) is 89.5 Å². The largest absolute Gasteiger partial charge is 0.489 e. The quantitative estimate of drug-likeness (QED) is 0.516. The van der Waals surface area contributed by atoms with E-state index in [-0.39, 0.29) is 11.1 Å². The zero-order chi connectivity index (χ0) is 22.5. The highest BCUT2D eigenvalue weighted by Gasteiger charge is 2.29. The molecule has 0 atom stereocenters. The third kappa shape index (κ3) is 5.36. The summed E-state index contributed by atoms with van der Waals surface area (Å²) in [6, 6.07) is 23.8. The number of carbonyl (C=O) groups is 1. The van der Waals surface area contributed by atoms with Crippen molar-refractivity contribution in [1.82, 2.24) is 4.90 Å². The van der Waals surface area contributed by atoms with Gasteiger partial charge in [-0.05, 0) is 54.5 Å². The van der Waals surface area contributed by atoms with E-state index < -0.39 is 0 Å². The Hall–Kier alpha value is -3.58. The number of nitrogens with two attached hydrogens (primary N) is 1. The van der Waals surface area contributed by atoms with Crippen molar-refractivity contribution < 1.29 is 9.53 Å². The number of aryl methyl sites for hydroxylation is 1. The molecule has 0 saturated carbocycles. The van der Waals surface area contributed by atoms with Crippen LogP contribution >= 0.6 is 12.2 Å². The molecule has 1 saturated heterocycles. The zero-order valence-electron chi connectivity index (χ0n) is 18.0. The Labute approximate surface area is 193 Å². The van der Waals surface area contributed by atoms with Gasteiger partial charge in [0, 0.05) is 37.1 Å². The minimum atomic E-state index is 0.0479. The van der Waals surface area contributed by atoms with Crippen LogP contribution in [-0.2, 0) is 13.2 Å². The molecule has 3 aromatic carbocycles. The number of hydrogen-bond donors (Lipinski definition) is 2.